The van der Waals surface area contributed by atoms with E-state index in [9.17, 15) is 4.79 Å². The van der Waals surface area contributed by atoms with Gasteiger partial charge in [0.1, 0.15) is 0 Å². The molecule has 2 aromatic rings. The van der Waals surface area contributed by atoms with Crippen molar-refractivity contribution in [2.75, 3.05) is 26.2 Å². The normalized spacial score (nSPS) is 20.6. The molecule has 4 rings (SSSR count). The molecule has 0 unspecified atom stereocenters. The summed E-state index contributed by atoms with van der Waals surface area (Å²) in [6, 6.07) is 8.39. The van der Waals surface area contributed by atoms with Gasteiger partial charge in [-0.1, -0.05) is 12.1 Å². The minimum absolute atomic E-state index is 0.262. The van der Waals surface area contributed by atoms with Crippen LogP contribution in [0.1, 0.15) is 49.9 Å². The van der Waals surface area contributed by atoms with Crippen LogP contribution in [0.15, 0.2) is 24.3 Å². The molecule has 2 aliphatic rings. The Kier molecular flexibility index (Phi) is 6.00. The van der Waals surface area contributed by atoms with E-state index in [4.69, 9.17) is 0 Å². The summed E-state index contributed by atoms with van der Waals surface area (Å²) in [6.45, 7) is 6.37. The van der Waals surface area contributed by atoms with E-state index in [0.29, 0.717) is 12.5 Å². The van der Waals surface area contributed by atoms with Gasteiger partial charge in [-0.25, -0.2) is 0 Å². The molecule has 0 aliphatic carbocycles. The maximum Gasteiger partial charge on any atom is 0.227 e. The molecule has 1 aromatic heterocycles. The third-order valence-corrected chi connectivity index (χ3v) is 6.09. The predicted octanol–water partition coefficient (Wildman–Crippen LogP) is 2.38. The van der Waals surface area contributed by atoms with Crippen LogP contribution in [0.5, 0.6) is 0 Å². The van der Waals surface area contributed by atoms with Crippen LogP contribution < -0.4 is 0 Å². The van der Waals surface area contributed by atoms with E-state index in [-0.39, 0.29) is 5.91 Å². The highest BCUT2D eigenvalue weighted by Crippen LogP contribution is 2.22. The number of aromatic nitrogens is 4. The highest BCUT2D eigenvalue weighted by atomic mass is 16.2. The highest BCUT2D eigenvalue weighted by molar-refractivity contribution is 5.79. The summed E-state index contributed by atoms with van der Waals surface area (Å²) in [6.07, 6.45) is 7.76. The lowest BCUT2D eigenvalue weighted by Crippen LogP contribution is -2.45. The molecule has 1 amide bonds. The quantitative estimate of drug-likeness (QED) is 0.767. The summed E-state index contributed by atoms with van der Waals surface area (Å²) >= 11 is 0. The van der Waals surface area contributed by atoms with Crippen molar-refractivity contribution >= 4 is 5.91 Å². The van der Waals surface area contributed by atoms with Crippen LogP contribution >= 0.6 is 0 Å². The minimum Gasteiger partial charge on any atom is -0.339 e. The number of piperidine rings is 1. The van der Waals surface area contributed by atoms with Gasteiger partial charge in [-0.15, -0.1) is 5.10 Å². The number of hydrogen-bond acceptors (Lipinski definition) is 5. The van der Waals surface area contributed by atoms with Gasteiger partial charge in [-0.05, 0) is 86.7 Å². The van der Waals surface area contributed by atoms with Crippen molar-refractivity contribution in [1.82, 2.24) is 30.0 Å². The summed E-state index contributed by atoms with van der Waals surface area (Å²) in [5, 5.41) is 11.6. The fourth-order valence-corrected chi connectivity index (χ4v) is 4.47. The van der Waals surface area contributed by atoms with Gasteiger partial charge >= 0.3 is 0 Å². The van der Waals surface area contributed by atoms with E-state index >= 15 is 0 Å². The molecule has 2 aliphatic heterocycles. The maximum atomic E-state index is 13.0. The van der Waals surface area contributed by atoms with Gasteiger partial charge in [-0.3, -0.25) is 4.79 Å². The first-order chi connectivity index (χ1) is 13.7. The Hall–Kier alpha value is -2.28. The number of likely N-dealkylation sites (tertiary alicyclic amines) is 2. The van der Waals surface area contributed by atoms with Crippen molar-refractivity contribution in [2.24, 2.45) is 0 Å². The Bertz CT molecular complexity index is 780. The molecule has 1 atom stereocenters. The zero-order valence-corrected chi connectivity index (χ0v) is 16.8. The van der Waals surface area contributed by atoms with Crippen molar-refractivity contribution in [3.05, 3.63) is 35.7 Å². The molecule has 0 radical (unpaired) electrons. The second kappa shape index (κ2) is 8.82. The van der Waals surface area contributed by atoms with Crippen molar-refractivity contribution in [1.29, 1.82) is 0 Å². The first-order valence-corrected chi connectivity index (χ1v) is 10.6. The fourth-order valence-electron chi connectivity index (χ4n) is 4.47. The number of tetrazole rings is 1. The van der Waals surface area contributed by atoms with Gasteiger partial charge < -0.3 is 9.80 Å². The fraction of sp³-hybridized carbons (Fsp3) is 0.619. The van der Waals surface area contributed by atoms with E-state index in [2.05, 4.69) is 25.3 Å². The number of nitrogens with zero attached hydrogens (tertiary/aromatic N) is 6. The van der Waals surface area contributed by atoms with E-state index in [1.807, 2.05) is 31.2 Å². The zero-order chi connectivity index (χ0) is 19.3. The first-order valence-electron chi connectivity index (χ1n) is 10.6. The molecule has 1 aromatic carbocycles. The monoisotopic (exact) mass is 382 g/mol. The van der Waals surface area contributed by atoms with E-state index in [0.717, 1.165) is 49.4 Å². The van der Waals surface area contributed by atoms with Gasteiger partial charge in [0.25, 0.3) is 0 Å². The number of carbonyl (C=O) groups is 1. The molecule has 7 nitrogen and oxygen atoms in total. The molecule has 3 heterocycles. The number of amides is 1. The molecule has 2 saturated heterocycles. The summed E-state index contributed by atoms with van der Waals surface area (Å²) in [5.41, 5.74) is 1.96. The van der Waals surface area contributed by atoms with E-state index in [1.165, 1.54) is 32.4 Å². The van der Waals surface area contributed by atoms with Crippen molar-refractivity contribution in [3.8, 4) is 5.69 Å². The topological polar surface area (TPSA) is 67.2 Å². The summed E-state index contributed by atoms with van der Waals surface area (Å²) in [4.78, 5) is 17.7. The van der Waals surface area contributed by atoms with Crippen molar-refractivity contribution in [3.63, 3.8) is 0 Å². The maximum absolute atomic E-state index is 13.0. The molecule has 0 saturated carbocycles. The predicted molar refractivity (Wildman–Crippen MR) is 107 cm³/mol. The summed E-state index contributed by atoms with van der Waals surface area (Å²) < 4.78 is 1.70. The Morgan fingerprint density at radius 3 is 2.54 bits per heavy atom. The van der Waals surface area contributed by atoms with E-state index in [1.54, 1.807) is 4.68 Å². The Labute approximate surface area is 166 Å². The Morgan fingerprint density at radius 1 is 1.07 bits per heavy atom. The summed E-state index contributed by atoms with van der Waals surface area (Å²) in [7, 11) is 0. The lowest BCUT2D eigenvalue weighted by molar-refractivity contribution is -0.134. The SMILES string of the molecule is Cc1nnnn1-c1ccc(CC(=O)N2CCCC[C@@H]2CCN2CCCC2)cc1. The number of hydrogen-bond donors (Lipinski definition) is 0. The molecular weight excluding hydrogens is 352 g/mol. The lowest BCUT2D eigenvalue weighted by Gasteiger charge is -2.37. The van der Waals surface area contributed by atoms with Crippen LogP contribution in [-0.2, 0) is 11.2 Å². The van der Waals surface area contributed by atoms with Gasteiger partial charge in [0.05, 0.1) is 12.1 Å². The largest absolute Gasteiger partial charge is 0.339 e. The number of benzene rings is 1. The first kappa shape index (κ1) is 19.1. The van der Waals surface area contributed by atoms with Crippen LogP contribution in [0.4, 0.5) is 0 Å². The second-order valence-corrected chi connectivity index (χ2v) is 8.06. The Morgan fingerprint density at radius 2 is 1.82 bits per heavy atom. The zero-order valence-electron chi connectivity index (χ0n) is 16.8. The van der Waals surface area contributed by atoms with Gasteiger partial charge in [0.15, 0.2) is 5.82 Å². The summed E-state index contributed by atoms with van der Waals surface area (Å²) in [5.74, 6) is 1.01. The molecule has 2 fully saturated rings. The second-order valence-electron chi connectivity index (χ2n) is 8.06. The highest BCUT2D eigenvalue weighted by Gasteiger charge is 2.27. The third kappa shape index (κ3) is 4.41. The molecule has 0 N–H and O–H groups in total. The van der Waals surface area contributed by atoms with Crippen LogP contribution in [0.2, 0.25) is 0 Å². The molecule has 0 spiro atoms. The van der Waals surface area contributed by atoms with Crippen molar-refractivity contribution < 1.29 is 4.79 Å². The molecule has 28 heavy (non-hydrogen) atoms. The van der Waals surface area contributed by atoms with Crippen molar-refractivity contribution in [2.45, 2.75) is 57.9 Å². The smallest absolute Gasteiger partial charge is 0.227 e. The Balaban J connectivity index is 1.36. The van der Waals surface area contributed by atoms with Crippen LogP contribution in [-0.4, -0.2) is 68.1 Å². The van der Waals surface area contributed by atoms with Crippen LogP contribution in [0, 0.1) is 6.92 Å². The molecule has 7 heteroatoms. The third-order valence-electron chi connectivity index (χ3n) is 6.09. The molecular formula is C21H30N6O. The molecule has 0 bridgehead atoms. The standard InChI is InChI=1S/C21H30N6O/c1-17-22-23-24-27(17)20-9-7-18(8-10-20)16-21(28)26-14-3-2-6-19(26)11-15-25-12-4-5-13-25/h7-10,19H,2-6,11-16H2,1H3/t19-/m1/s1. The number of rotatable bonds is 6. The number of carbonyl (C=O) groups excluding carboxylic acids is 1. The van der Waals surface area contributed by atoms with Gasteiger partial charge in [-0.2, -0.15) is 4.68 Å². The molecule has 150 valence electrons. The average molecular weight is 383 g/mol. The van der Waals surface area contributed by atoms with E-state index < -0.39 is 0 Å². The minimum atomic E-state index is 0.262. The van der Waals surface area contributed by atoms with Crippen LogP contribution in [0.25, 0.3) is 5.69 Å². The lowest BCUT2D eigenvalue weighted by atomic mass is 9.98. The average Bonchev–Trinajstić information content (AvgIpc) is 3.39. The van der Waals surface area contributed by atoms with Gasteiger partial charge in [0.2, 0.25) is 5.91 Å². The number of aryl methyl sites for hydroxylation is 1. The van der Waals surface area contributed by atoms with Gasteiger partial charge in [0, 0.05) is 19.1 Å². The van der Waals surface area contributed by atoms with Crippen LogP contribution in [0.3, 0.4) is 0 Å².